The molecule has 0 atom stereocenters. The number of halogens is 1. The fourth-order valence-corrected chi connectivity index (χ4v) is 2.49. The maximum atomic E-state index is 12.5. The van der Waals surface area contributed by atoms with Gasteiger partial charge in [0.05, 0.1) is 16.1 Å². The van der Waals surface area contributed by atoms with Crippen molar-refractivity contribution in [1.29, 1.82) is 0 Å². The predicted octanol–water partition coefficient (Wildman–Crippen LogP) is 2.92. The highest BCUT2D eigenvalue weighted by molar-refractivity contribution is 6.33. The third kappa shape index (κ3) is 2.15. The molecule has 3 nitrogen and oxygen atoms in total. The first-order valence-electron chi connectivity index (χ1n) is 6.04. The lowest BCUT2D eigenvalue weighted by molar-refractivity contribution is -0.130. The normalized spacial score (nSPS) is 18.8. The summed E-state index contributed by atoms with van der Waals surface area (Å²) in [6.45, 7) is 4.19. The number of piperidine rings is 1. The van der Waals surface area contributed by atoms with Gasteiger partial charge in [0.15, 0.2) is 5.78 Å². The highest BCUT2D eigenvalue weighted by Crippen LogP contribution is 2.28. The van der Waals surface area contributed by atoms with Gasteiger partial charge in [-0.2, -0.15) is 0 Å². The Morgan fingerprint density at radius 1 is 1.33 bits per heavy atom. The Morgan fingerprint density at radius 2 is 2.00 bits per heavy atom. The lowest BCUT2D eigenvalue weighted by Gasteiger charge is -2.41. The third-order valence-corrected chi connectivity index (χ3v) is 3.82. The number of hydrogen-bond donors (Lipinski definition) is 0. The van der Waals surface area contributed by atoms with E-state index in [0.29, 0.717) is 23.6 Å². The summed E-state index contributed by atoms with van der Waals surface area (Å²) in [4.78, 5) is 26.0. The summed E-state index contributed by atoms with van der Waals surface area (Å²) in [5.74, 6) is -0.0622. The summed E-state index contributed by atoms with van der Waals surface area (Å²) in [7, 11) is 0. The van der Waals surface area contributed by atoms with Gasteiger partial charge in [0.2, 0.25) is 0 Å². The SMILES string of the molecule is CC1(C)C(=O)CCCN1C(=O)c1ccccc1Cl. The molecule has 1 heterocycles. The average Bonchev–Trinajstić information content (AvgIpc) is 2.32. The summed E-state index contributed by atoms with van der Waals surface area (Å²) in [5.41, 5.74) is -0.281. The van der Waals surface area contributed by atoms with Crippen molar-refractivity contribution in [2.24, 2.45) is 0 Å². The molecule has 1 aromatic rings. The molecule has 0 saturated carbocycles. The lowest BCUT2D eigenvalue weighted by atomic mass is 9.88. The molecule has 0 N–H and O–H groups in total. The highest BCUT2D eigenvalue weighted by Gasteiger charge is 2.40. The minimum Gasteiger partial charge on any atom is -0.326 e. The van der Waals surface area contributed by atoms with Gasteiger partial charge >= 0.3 is 0 Å². The van der Waals surface area contributed by atoms with E-state index in [-0.39, 0.29) is 11.7 Å². The fraction of sp³-hybridized carbons (Fsp3) is 0.429. The second-order valence-corrected chi connectivity index (χ2v) is 5.43. The first-order chi connectivity index (χ1) is 8.44. The Kier molecular flexibility index (Phi) is 3.44. The number of amides is 1. The van der Waals surface area contributed by atoms with Gasteiger partial charge in [-0.25, -0.2) is 0 Å². The van der Waals surface area contributed by atoms with E-state index < -0.39 is 5.54 Å². The maximum Gasteiger partial charge on any atom is 0.256 e. The molecule has 1 fully saturated rings. The molecule has 1 aliphatic rings. The summed E-state index contributed by atoms with van der Waals surface area (Å²) < 4.78 is 0. The van der Waals surface area contributed by atoms with Crippen LogP contribution in [0.1, 0.15) is 37.0 Å². The Balaban J connectivity index is 2.34. The molecule has 0 aromatic heterocycles. The van der Waals surface area contributed by atoms with Gasteiger partial charge in [-0.15, -0.1) is 0 Å². The summed E-state index contributed by atoms with van der Waals surface area (Å²) in [6, 6.07) is 6.94. The summed E-state index contributed by atoms with van der Waals surface area (Å²) in [6.07, 6.45) is 1.26. The second-order valence-electron chi connectivity index (χ2n) is 5.02. The first-order valence-corrected chi connectivity index (χ1v) is 6.42. The minimum absolute atomic E-state index is 0.106. The van der Waals surface area contributed by atoms with Crippen LogP contribution in [0.25, 0.3) is 0 Å². The van der Waals surface area contributed by atoms with Crippen molar-refractivity contribution in [2.45, 2.75) is 32.2 Å². The van der Waals surface area contributed by atoms with E-state index in [9.17, 15) is 9.59 Å². The molecule has 1 saturated heterocycles. The quantitative estimate of drug-likeness (QED) is 0.783. The topological polar surface area (TPSA) is 37.4 Å². The molecule has 1 amide bonds. The molecule has 18 heavy (non-hydrogen) atoms. The Bertz CT molecular complexity index is 496. The van der Waals surface area contributed by atoms with Crippen LogP contribution in [0.5, 0.6) is 0 Å². The molecule has 0 unspecified atom stereocenters. The van der Waals surface area contributed by atoms with Gasteiger partial charge in [0.25, 0.3) is 5.91 Å². The van der Waals surface area contributed by atoms with Crippen LogP contribution >= 0.6 is 11.6 Å². The first kappa shape index (κ1) is 13.1. The molecule has 96 valence electrons. The molecular formula is C14H16ClNO2. The number of carbonyl (C=O) groups is 2. The number of hydrogen-bond acceptors (Lipinski definition) is 2. The van der Waals surface area contributed by atoms with Crippen molar-refractivity contribution in [3.8, 4) is 0 Å². The van der Waals surface area contributed by atoms with E-state index in [0.717, 1.165) is 6.42 Å². The van der Waals surface area contributed by atoms with Crippen LogP contribution in [0, 0.1) is 0 Å². The zero-order valence-corrected chi connectivity index (χ0v) is 11.3. The fourth-order valence-electron chi connectivity index (χ4n) is 2.27. The molecule has 0 spiro atoms. The standard InChI is InChI=1S/C14H16ClNO2/c1-14(2)12(17)8-5-9-16(14)13(18)10-6-3-4-7-11(10)15/h3-4,6-7H,5,8-9H2,1-2H3. The molecule has 0 radical (unpaired) electrons. The van der Waals surface area contributed by atoms with Crippen molar-refractivity contribution in [2.75, 3.05) is 6.54 Å². The van der Waals surface area contributed by atoms with Crippen LogP contribution in [-0.4, -0.2) is 28.7 Å². The van der Waals surface area contributed by atoms with Crippen molar-refractivity contribution in [3.05, 3.63) is 34.9 Å². The van der Waals surface area contributed by atoms with Crippen LogP contribution in [0.4, 0.5) is 0 Å². The van der Waals surface area contributed by atoms with E-state index in [4.69, 9.17) is 11.6 Å². The van der Waals surface area contributed by atoms with E-state index in [2.05, 4.69) is 0 Å². The summed E-state index contributed by atoms with van der Waals surface area (Å²) >= 11 is 6.04. The van der Waals surface area contributed by atoms with Crippen molar-refractivity contribution in [3.63, 3.8) is 0 Å². The number of rotatable bonds is 1. The van der Waals surface area contributed by atoms with E-state index in [1.54, 1.807) is 43.0 Å². The smallest absolute Gasteiger partial charge is 0.256 e. The van der Waals surface area contributed by atoms with Crippen molar-refractivity contribution < 1.29 is 9.59 Å². The van der Waals surface area contributed by atoms with Crippen LogP contribution < -0.4 is 0 Å². The van der Waals surface area contributed by atoms with Gasteiger partial charge < -0.3 is 4.90 Å². The number of ketones is 1. The van der Waals surface area contributed by atoms with Gasteiger partial charge in [-0.05, 0) is 32.4 Å². The molecular weight excluding hydrogens is 250 g/mol. The number of nitrogens with zero attached hydrogens (tertiary/aromatic N) is 1. The van der Waals surface area contributed by atoms with Crippen LogP contribution in [0.2, 0.25) is 5.02 Å². The largest absolute Gasteiger partial charge is 0.326 e. The monoisotopic (exact) mass is 265 g/mol. The van der Waals surface area contributed by atoms with Crippen LogP contribution in [0.15, 0.2) is 24.3 Å². The maximum absolute atomic E-state index is 12.5. The number of Topliss-reactive ketones (excluding diaryl/α,β-unsaturated/α-hetero) is 1. The van der Waals surface area contributed by atoms with Gasteiger partial charge in [0, 0.05) is 13.0 Å². The van der Waals surface area contributed by atoms with Gasteiger partial charge in [-0.3, -0.25) is 9.59 Å². The van der Waals surface area contributed by atoms with Crippen molar-refractivity contribution in [1.82, 2.24) is 4.90 Å². The van der Waals surface area contributed by atoms with Crippen LogP contribution in [0.3, 0.4) is 0 Å². The second kappa shape index (κ2) is 4.73. The van der Waals surface area contributed by atoms with Gasteiger partial charge in [0.1, 0.15) is 0 Å². The van der Waals surface area contributed by atoms with E-state index in [1.165, 1.54) is 0 Å². The predicted molar refractivity (Wildman–Crippen MR) is 70.8 cm³/mol. The third-order valence-electron chi connectivity index (χ3n) is 3.49. The molecule has 1 aliphatic heterocycles. The molecule has 1 aromatic carbocycles. The molecule has 0 aliphatic carbocycles. The zero-order valence-electron chi connectivity index (χ0n) is 10.6. The Labute approximate surface area is 112 Å². The highest BCUT2D eigenvalue weighted by atomic mass is 35.5. The van der Waals surface area contributed by atoms with Crippen molar-refractivity contribution >= 4 is 23.3 Å². The number of carbonyl (C=O) groups excluding carboxylic acids is 2. The van der Waals surface area contributed by atoms with Gasteiger partial charge in [-0.1, -0.05) is 23.7 Å². The van der Waals surface area contributed by atoms with E-state index >= 15 is 0 Å². The molecule has 2 rings (SSSR count). The summed E-state index contributed by atoms with van der Waals surface area (Å²) in [5, 5.41) is 0.427. The lowest BCUT2D eigenvalue weighted by Crippen LogP contribution is -2.56. The molecule has 0 bridgehead atoms. The average molecular weight is 266 g/mol. The van der Waals surface area contributed by atoms with Crippen LogP contribution in [-0.2, 0) is 4.79 Å². The van der Waals surface area contributed by atoms with E-state index in [1.807, 2.05) is 0 Å². The minimum atomic E-state index is -0.742. The number of likely N-dealkylation sites (tertiary alicyclic amines) is 1. The Hall–Kier alpha value is -1.35. The Morgan fingerprint density at radius 3 is 2.67 bits per heavy atom. The zero-order chi connectivity index (χ0) is 13.3. The number of benzene rings is 1. The molecule has 4 heteroatoms.